The van der Waals surface area contributed by atoms with E-state index in [0.717, 1.165) is 19.3 Å². The smallest absolute Gasteiger partial charge is 0.199 e. The van der Waals surface area contributed by atoms with Crippen molar-refractivity contribution in [2.45, 2.75) is 83.2 Å². The highest BCUT2D eigenvalue weighted by molar-refractivity contribution is 5.28. The fourth-order valence-corrected chi connectivity index (χ4v) is 2.34. The lowest BCUT2D eigenvalue weighted by molar-refractivity contribution is -0.257. The van der Waals surface area contributed by atoms with Gasteiger partial charge in [-0.15, -0.1) is 0 Å². The SMILES string of the molecule is CCCCC#C/C=C(\OC(C)(C)C)C1(O)CCCC1(O)O. The molecule has 1 fully saturated rings. The Hall–Kier alpha value is -1.02. The fraction of sp³-hybridized carbons (Fsp3) is 0.765. The van der Waals surface area contributed by atoms with E-state index in [9.17, 15) is 15.3 Å². The van der Waals surface area contributed by atoms with Crippen molar-refractivity contribution in [3.63, 3.8) is 0 Å². The van der Waals surface area contributed by atoms with Gasteiger partial charge in [0.25, 0.3) is 0 Å². The summed E-state index contributed by atoms with van der Waals surface area (Å²) in [5.41, 5.74) is -2.34. The first-order chi connectivity index (χ1) is 9.62. The number of allylic oxidation sites excluding steroid dienone is 1. The van der Waals surface area contributed by atoms with Crippen LogP contribution in [0.5, 0.6) is 0 Å². The topological polar surface area (TPSA) is 69.9 Å². The van der Waals surface area contributed by atoms with Gasteiger partial charge in [-0.1, -0.05) is 25.2 Å². The van der Waals surface area contributed by atoms with Crippen LogP contribution in [0.4, 0.5) is 0 Å². The molecule has 1 saturated carbocycles. The highest BCUT2D eigenvalue weighted by Gasteiger charge is 2.56. The lowest BCUT2D eigenvalue weighted by atomic mass is 9.93. The molecule has 1 rings (SSSR count). The van der Waals surface area contributed by atoms with Gasteiger partial charge in [-0.25, -0.2) is 0 Å². The van der Waals surface area contributed by atoms with Crippen molar-refractivity contribution in [3.8, 4) is 11.8 Å². The van der Waals surface area contributed by atoms with Gasteiger partial charge in [0.1, 0.15) is 11.4 Å². The summed E-state index contributed by atoms with van der Waals surface area (Å²) in [7, 11) is 0. The lowest BCUT2D eigenvalue weighted by Crippen LogP contribution is -2.52. The first-order valence-electron chi connectivity index (χ1n) is 7.67. The molecule has 0 aromatic carbocycles. The van der Waals surface area contributed by atoms with Crippen LogP contribution < -0.4 is 0 Å². The Kier molecular flexibility index (Phi) is 5.86. The van der Waals surface area contributed by atoms with Crippen LogP contribution >= 0.6 is 0 Å². The quantitative estimate of drug-likeness (QED) is 0.323. The molecule has 1 atom stereocenters. The van der Waals surface area contributed by atoms with Crippen molar-refractivity contribution in [2.24, 2.45) is 0 Å². The van der Waals surface area contributed by atoms with Crippen molar-refractivity contribution >= 4 is 0 Å². The summed E-state index contributed by atoms with van der Waals surface area (Å²) < 4.78 is 5.76. The maximum atomic E-state index is 10.7. The molecule has 120 valence electrons. The Morgan fingerprint density at radius 3 is 2.38 bits per heavy atom. The third-order valence-electron chi connectivity index (χ3n) is 3.51. The van der Waals surface area contributed by atoms with Crippen LogP contribution in [0.1, 0.15) is 66.2 Å². The zero-order valence-corrected chi connectivity index (χ0v) is 13.6. The van der Waals surface area contributed by atoms with Crippen molar-refractivity contribution < 1.29 is 20.1 Å². The van der Waals surface area contributed by atoms with E-state index in [4.69, 9.17) is 4.74 Å². The van der Waals surface area contributed by atoms with Gasteiger partial charge in [0.2, 0.25) is 0 Å². The third-order valence-corrected chi connectivity index (χ3v) is 3.51. The maximum absolute atomic E-state index is 10.7. The van der Waals surface area contributed by atoms with Crippen molar-refractivity contribution in [3.05, 3.63) is 11.8 Å². The second-order valence-corrected chi connectivity index (χ2v) is 6.68. The number of unbranched alkanes of at least 4 members (excludes halogenated alkanes) is 2. The van der Waals surface area contributed by atoms with E-state index in [1.807, 2.05) is 20.8 Å². The average molecular weight is 296 g/mol. The van der Waals surface area contributed by atoms with E-state index in [1.165, 1.54) is 6.08 Å². The minimum absolute atomic E-state index is 0.123. The molecule has 0 heterocycles. The van der Waals surface area contributed by atoms with E-state index in [0.29, 0.717) is 6.42 Å². The van der Waals surface area contributed by atoms with Gasteiger partial charge in [0.15, 0.2) is 11.4 Å². The minimum Gasteiger partial charge on any atom is -0.489 e. The predicted molar refractivity (Wildman–Crippen MR) is 82.2 cm³/mol. The monoisotopic (exact) mass is 296 g/mol. The zero-order chi connectivity index (χ0) is 16.1. The molecule has 0 saturated heterocycles. The Morgan fingerprint density at radius 1 is 1.24 bits per heavy atom. The van der Waals surface area contributed by atoms with Crippen LogP contribution in [0.2, 0.25) is 0 Å². The lowest BCUT2D eigenvalue weighted by Gasteiger charge is -2.37. The molecule has 0 spiro atoms. The van der Waals surface area contributed by atoms with Gasteiger partial charge in [-0.2, -0.15) is 0 Å². The largest absolute Gasteiger partial charge is 0.489 e. The summed E-state index contributed by atoms with van der Waals surface area (Å²) in [4.78, 5) is 0. The number of aliphatic hydroxyl groups is 3. The average Bonchev–Trinajstić information content (AvgIpc) is 2.61. The Morgan fingerprint density at radius 2 is 1.90 bits per heavy atom. The summed E-state index contributed by atoms with van der Waals surface area (Å²) >= 11 is 0. The molecule has 3 N–H and O–H groups in total. The second kappa shape index (κ2) is 6.83. The van der Waals surface area contributed by atoms with E-state index in [2.05, 4.69) is 18.8 Å². The van der Waals surface area contributed by atoms with Crippen LogP contribution in [-0.4, -0.2) is 32.3 Å². The van der Waals surface area contributed by atoms with Crippen molar-refractivity contribution in [1.82, 2.24) is 0 Å². The molecule has 0 aromatic heterocycles. The molecule has 21 heavy (non-hydrogen) atoms. The maximum Gasteiger partial charge on any atom is 0.199 e. The van der Waals surface area contributed by atoms with Crippen LogP contribution in [0.3, 0.4) is 0 Å². The van der Waals surface area contributed by atoms with Crippen LogP contribution in [0.25, 0.3) is 0 Å². The molecule has 0 amide bonds. The summed E-state index contributed by atoms with van der Waals surface area (Å²) in [5, 5.41) is 30.8. The molecular weight excluding hydrogens is 268 g/mol. The first kappa shape index (κ1) is 18.0. The van der Waals surface area contributed by atoms with Crippen LogP contribution in [-0.2, 0) is 4.74 Å². The molecule has 4 heteroatoms. The van der Waals surface area contributed by atoms with Crippen LogP contribution in [0.15, 0.2) is 11.8 Å². The third kappa shape index (κ3) is 4.74. The molecule has 0 radical (unpaired) electrons. The molecule has 1 unspecified atom stereocenters. The Labute approximate surface area is 127 Å². The fourth-order valence-electron chi connectivity index (χ4n) is 2.34. The molecule has 1 aliphatic carbocycles. The highest BCUT2D eigenvalue weighted by atomic mass is 16.6. The van der Waals surface area contributed by atoms with Crippen LogP contribution in [0, 0.1) is 11.8 Å². The molecular formula is C17H28O4. The summed E-state index contributed by atoms with van der Waals surface area (Å²) in [5.74, 6) is 3.82. The molecule has 4 nitrogen and oxygen atoms in total. The van der Waals surface area contributed by atoms with Gasteiger partial charge >= 0.3 is 0 Å². The van der Waals surface area contributed by atoms with Crippen molar-refractivity contribution in [2.75, 3.05) is 0 Å². The number of hydrogen-bond acceptors (Lipinski definition) is 4. The van der Waals surface area contributed by atoms with Crippen molar-refractivity contribution in [1.29, 1.82) is 0 Å². The summed E-state index contributed by atoms with van der Waals surface area (Å²) in [6.07, 6.45) is 5.24. The minimum atomic E-state index is -2.17. The standard InChI is InChI=1S/C17H28O4/c1-5-6-7-8-9-11-14(21-15(2,3)4)16(18)12-10-13-17(16,19)20/h11,18-20H,5-7,10,12-13H2,1-4H3/b14-11-. The number of rotatable bonds is 4. The first-order valence-corrected chi connectivity index (χ1v) is 7.67. The van der Waals surface area contributed by atoms with Gasteiger partial charge in [-0.3, -0.25) is 0 Å². The molecule has 0 aromatic rings. The Balaban J connectivity index is 3.02. The van der Waals surface area contributed by atoms with Gasteiger partial charge in [0.05, 0.1) is 0 Å². The second-order valence-electron chi connectivity index (χ2n) is 6.68. The van der Waals surface area contributed by atoms with E-state index < -0.39 is 17.0 Å². The van der Waals surface area contributed by atoms with Gasteiger partial charge in [0, 0.05) is 18.9 Å². The molecule has 0 bridgehead atoms. The van der Waals surface area contributed by atoms with Gasteiger partial charge < -0.3 is 20.1 Å². The molecule has 1 aliphatic rings. The number of hydrogen-bond donors (Lipinski definition) is 3. The summed E-state index contributed by atoms with van der Waals surface area (Å²) in [6.45, 7) is 7.64. The van der Waals surface area contributed by atoms with E-state index in [-0.39, 0.29) is 18.6 Å². The zero-order valence-electron chi connectivity index (χ0n) is 13.6. The van der Waals surface area contributed by atoms with Gasteiger partial charge in [-0.05, 0) is 40.0 Å². The molecule has 0 aliphatic heterocycles. The normalized spacial score (nSPS) is 25.4. The highest BCUT2D eigenvalue weighted by Crippen LogP contribution is 2.43. The predicted octanol–water partition coefficient (Wildman–Crippen LogP) is 2.47. The van der Waals surface area contributed by atoms with E-state index in [1.54, 1.807) is 0 Å². The number of ether oxygens (including phenoxy) is 1. The van der Waals surface area contributed by atoms with E-state index >= 15 is 0 Å². The Bertz CT molecular complexity index is 434. The summed E-state index contributed by atoms with van der Waals surface area (Å²) in [6, 6.07) is 0.